The molecule has 0 radical (unpaired) electrons. The molecule has 6 heteroatoms. The first-order valence-corrected chi connectivity index (χ1v) is 8.98. The van der Waals surface area contributed by atoms with Crippen molar-refractivity contribution < 1.29 is 14.0 Å². The summed E-state index contributed by atoms with van der Waals surface area (Å²) >= 11 is 5.75. The first-order chi connectivity index (χ1) is 12.5. The summed E-state index contributed by atoms with van der Waals surface area (Å²) in [6, 6.07) is 13.9. The van der Waals surface area contributed by atoms with Crippen LogP contribution in [0.3, 0.4) is 0 Å². The summed E-state index contributed by atoms with van der Waals surface area (Å²) in [6.45, 7) is 1.94. The quantitative estimate of drug-likeness (QED) is 0.823. The molecule has 0 aliphatic carbocycles. The Bertz CT molecular complexity index is 790. The first kappa shape index (κ1) is 18.4. The lowest BCUT2D eigenvalue weighted by atomic mass is 10.1. The van der Waals surface area contributed by atoms with Gasteiger partial charge in [-0.05, 0) is 30.2 Å². The maximum Gasteiger partial charge on any atom is 0.254 e. The van der Waals surface area contributed by atoms with E-state index in [0.717, 1.165) is 5.56 Å². The Morgan fingerprint density at radius 3 is 2.27 bits per heavy atom. The number of piperazine rings is 1. The van der Waals surface area contributed by atoms with E-state index in [9.17, 15) is 14.0 Å². The Morgan fingerprint density at radius 2 is 1.62 bits per heavy atom. The van der Waals surface area contributed by atoms with Gasteiger partial charge in [0.1, 0.15) is 5.82 Å². The van der Waals surface area contributed by atoms with Crippen LogP contribution in [-0.4, -0.2) is 47.8 Å². The lowest BCUT2D eigenvalue weighted by molar-refractivity contribution is -0.132. The minimum Gasteiger partial charge on any atom is -0.339 e. The fraction of sp³-hybridized carbons (Fsp3) is 0.300. The van der Waals surface area contributed by atoms with Crippen molar-refractivity contribution in [2.24, 2.45) is 0 Å². The summed E-state index contributed by atoms with van der Waals surface area (Å²) in [5.74, 6) is -0.633. The van der Waals surface area contributed by atoms with Gasteiger partial charge >= 0.3 is 0 Å². The monoisotopic (exact) mass is 374 g/mol. The minimum atomic E-state index is -0.544. The van der Waals surface area contributed by atoms with Gasteiger partial charge in [-0.2, -0.15) is 0 Å². The molecule has 0 bridgehead atoms. The fourth-order valence-corrected chi connectivity index (χ4v) is 3.21. The minimum absolute atomic E-state index is 0.0643. The largest absolute Gasteiger partial charge is 0.339 e. The Balaban J connectivity index is 1.51. The number of nitrogens with zero attached hydrogens (tertiary/aromatic N) is 2. The summed E-state index contributed by atoms with van der Waals surface area (Å²) in [4.78, 5) is 28.3. The number of amides is 2. The molecule has 2 aromatic rings. The summed E-state index contributed by atoms with van der Waals surface area (Å²) in [5, 5.41) is -0.0643. The van der Waals surface area contributed by atoms with Crippen LogP contribution >= 0.6 is 11.6 Å². The van der Waals surface area contributed by atoms with Crippen LogP contribution in [0.1, 0.15) is 22.3 Å². The third kappa shape index (κ3) is 4.41. The molecule has 0 spiro atoms. The highest BCUT2D eigenvalue weighted by Gasteiger charge is 2.25. The average Bonchev–Trinajstić information content (AvgIpc) is 2.68. The van der Waals surface area contributed by atoms with Crippen molar-refractivity contribution in [3.8, 4) is 0 Å². The van der Waals surface area contributed by atoms with Crippen molar-refractivity contribution >= 4 is 23.4 Å². The standard InChI is InChI=1S/C20H20ClFN2O2/c21-17-14-16(7-8-18(17)22)20(26)24-12-10-23(11-13-24)19(25)9-6-15-4-2-1-3-5-15/h1-5,7-8,14H,6,9-13H2. The van der Waals surface area contributed by atoms with Crippen molar-refractivity contribution in [2.75, 3.05) is 26.2 Å². The Kier molecular flexibility index (Phi) is 5.89. The number of aryl methyl sites for hydroxylation is 1. The topological polar surface area (TPSA) is 40.6 Å². The van der Waals surface area contributed by atoms with E-state index in [0.29, 0.717) is 44.6 Å². The molecule has 0 atom stereocenters. The second-order valence-electron chi connectivity index (χ2n) is 6.29. The molecule has 1 aliphatic rings. The van der Waals surface area contributed by atoms with Crippen molar-refractivity contribution in [2.45, 2.75) is 12.8 Å². The summed E-state index contributed by atoms with van der Waals surface area (Å²) in [6.07, 6.45) is 1.18. The van der Waals surface area contributed by atoms with Gasteiger partial charge in [-0.1, -0.05) is 41.9 Å². The highest BCUT2D eigenvalue weighted by molar-refractivity contribution is 6.31. The number of carbonyl (C=O) groups excluding carboxylic acids is 2. The van der Waals surface area contributed by atoms with Crippen LogP contribution in [0.5, 0.6) is 0 Å². The number of hydrogen-bond donors (Lipinski definition) is 0. The molecule has 1 saturated heterocycles. The predicted molar refractivity (Wildman–Crippen MR) is 98.7 cm³/mol. The zero-order valence-corrected chi connectivity index (χ0v) is 15.1. The number of carbonyl (C=O) groups is 2. The summed E-state index contributed by atoms with van der Waals surface area (Å²) in [7, 11) is 0. The van der Waals surface area contributed by atoms with Crippen LogP contribution in [0.2, 0.25) is 5.02 Å². The van der Waals surface area contributed by atoms with E-state index in [4.69, 9.17) is 11.6 Å². The molecule has 2 amide bonds. The van der Waals surface area contributed by atoms with E-state index < -0.39 is 5.82 Å². The van der Waals surface area contributed by atoms with Crippen LogP contribution in [0.4, 0.5) is 4.39 Å². The molecule has 4 nitrogen and oxygen atoms in total. The second-order valence-corrected chi connectivity index (χ2v) is 6.69. The van der Waals surface area contributed by atoms with E-state index in [1.807, 2.05) is 30.3 Å². The number of benzene rings is 2. The SMILES string of the molecule is O=C(CCc1ccccc1)N1CCN(C(=O)c2ccc(F)c(Cl)c2)CC1. The molecule has 1 fully saturated rings. The van der Waals surface area contributed by atoms with Crippen molar-refractivity contribution in [1.29, 1.82) is 0 Å². The van der Waals surface area contributed by atoms with Crippen LogP contribution in [0.15, 0.2) is 48.5 Å². The van der Waals surface area contributed by atoms with Gasteiger partial charge in [0.15, 0.2) is 0 Å². The van der Waals surface area contributed by atoms with Crippen LogP contribution in [0, 0.1) is 5.82 Å². The van der Waals surface area contributed by atoms with Gasteiger partial charge in [-0.25, -0.2) is 4.39 Å². The second kappa shape index (κ2) is 8.32. The molecule has 1 heterocycles. The maximum absolute atomic E-state index is 13.2. The highest BCUT2D eigenvalue weighted by atomic mass is 35.5. The lowest BCUT2D eigenvalue weighted by Crippen LogP contribution is -2.50. The van der Waals surface area contributed by atoms with Crippen molar-refractivity contribution in [3.05, 3.63) is 70.5 Å². The molecule has 1 aliphatic heterocycles. The Morgan fingerprint density at radius 1 is 0.962 bits per heavy atom. The summed E-state index contributed by atoms with van der Waals surface area (Å²) < 4.78 is 13.2. The van der Waals surface area contributed by atoms with E-state index >= 15 is 0 Å². The molecule has 136 valence electrons. The molecule has 0 aromatic heterocycles. The molecular formula is C20H20ClFN2O2. The van der Waals surface area contributed by atoms with E-state index in [-0.39, 0.29) is 16.8 Å². The van der Waals surface area contributed by atoms with E-state index in [2.05, 4.69) is 0 Å². The highest BCUT2D eigenvalue weighted by Crippen LogP contribution is 2.18. The number of halogens is 2. The van der Waals surface area contributed by atoms with Gasteiger partial charge in [0.05, 0.1) is 5.02 Å². The third-order valence-corrected chi connectivity index (χ3v) is 4.85. The first-order valence-electron chi connectivity index (χ1n) is 8.60. The van der Waals surface area contributed by atoms with Crippen molar-refractivity contribution in [1.82, 2.24) is 9.80 Å². The molecule has 0 N–H and O–H groups in total. The molecular weight excluding hydrogens is 355 g/mol. The van der Waals surface area contributed by atoms with Gasteiger partial charge in [0.2, 0.25) is 5.91 Å². The molecule has 0 unspecified atom stereocenters. The van der Waals surface area contributed by atoms with E-state index in [1.165, 1.54) is 18.2 Å². The Hall–Kier alpha value is -2.40. The molecule has 2 aromatic carbocycles. The van der Waals surface area contributed by atoms with Gasteiger partial charge in [-0.3, -0.25) is 9.59 Å². The van der Waals surface area contributed by atoms with Crippen LogP contribution in [-0.2, 0) is 11.2 Å². The van der Waals surface area contributed by atoms with Crippen molar-refractivity contribution in [3.63, 3.8) is 0 Å². The molecule has 3 rings (SSSR count). The van der Waals surface area contributed by atoms with Gasteiger partial charge < -0.3 is 9.80 Å². The predicted octanol–water partition coefficient (Wildman–Crippen LogP) is 3.40. The van der Waals surface area contributed by atoms with E-state index in [1.54, 1.807) is 9.80 Å². The van der Waals surface area contributed by atoms with Gasteiger partial charge in [0, 0.05) is 38.2 Å². The number of rotatable bonds is 4. The molecule has 26 heavy (non-hydrogen) atoms. The smallest absolute Gasteiger partial charge is 0.254 e. The zero-order chi connectivity index (χ0) is 18.5. The fourth-order valence-electron chi connectivity index (χ4n) is 3.02. The van der Waals surface area contributed by atoms with Crippen LogP contribution < -0.4 is 0 Å². The Labute approximate surface area is 157 Å². The van der Waals surface area contributed by atoms with Gasteiger partial charge in [0.25, 0.3) is 5.91 Å². The average molecular weight is 375 g/mol. The maximum atomic E-state index is 13.2. The lowest BCUT2D eigenvalue weighted by Gasteiger charge is -2.35. The van der Waals surface area contributed by atoms with Crippen LogP contribution in [0.25, 0.3) is 0 Å². The zero-order valence-electron chi connectivity index (χ0n) is 14.3. The normalized spacial score (nSPS) is 14.4. The third-order valence-electron chi connectivity index (χ3n) is 4.56. The number of hydrogen-bond acceptors (Lipinski definition) is 2. The van der Waals surface area contributed by atoms with Gasteiger partial charge in [-0.15, -0.1) is 0 Å². The summed E-state index contributed by atoms with van der Waals surface area (Å²) in [5.41, 5.74) is 1.50. The molecule has 0 saturated carbocycles.